The smallest absolute Gasteiger partial charge is 0.119 e. The van der Waals surface area contributed by atoms with Crippen LogP contribution in [0.3, 0.4) is 0 Å². The van der Waals surface area contributed by atoms with Crippen LogP contribution in [0.2, 0.25) is 0 Å². The van der Waals surface area contributed by atoms with Crippen molar-refractivity contribution in [3.63, 3.8) is 0 Å². The van der Waals surface area contributed by atoms with Gasteiger partial charge in [-0.1, -0.05) is 21.5 Å². The molecule has 0 aliphatic carbocycles. The molecule has 0 radical (unpaired) electrons. The summed E-state index contributed by atoms with van der Waals surface area (Å²) in [6.45, 7) is 4.76. The molecule has 0 unspecified atom stereocenters. The molecule has 70 valence electrons. The molecule has 1 nitrogen and oxygen atoms in total. The quantitative estimate of drug-likeness (QED) is 0.731. The molecule has 0 atom stereocenters. The van der Waals surface area contributed by atoms with Gasteiger partial charge in [-0.25, -0.2) is 0 Å². The summed E-state index contributed by atoms with van der Waals surface area (Å²) in [6, 6.07) is 7.83. The van der Waals surface area contributed by atoms with Gasteiger partial charge in [-0.3, -0.25) is 0 Å². The van der Waals surface area contributed by atoms with E-state index in [1.807, 2.05) is 24.3 Å². The summed E-state index contributed by atoms with van der Waals surface area (Å²) in [6.07, 6.45) is 2.06. The minimum Gasteiger partial charge on any atom is -0.490 e. The minimum atomic E-state index is 0.643. The topological polar surface area (TPSA) is 9.23 Å². The molecule has 0 aliphatic heterocycles. The van der Waals surface area contributed by atoms with Gasteiger partial charge < -0.3 is 4.74 Å². The van der Waals surface area contributed by atoms with E-state index in [1.165, 1.54) is 5.57 Å². The van der Waals surface area contributed by atoms with Gasteiger partial charge in [0.05, 0.1) is 0 Å². The number of ether oxygens (including phenoxy) is 1. The van der Waals surface area contributed by atoms with Crippen molar-refractivity contribution in [2.45, 2.75) is 13.8 Å². The van der Waals surface area contributed by atoms with Crippen LogP contribution < -0.4 is 4.74 Å². The van der Waals surface area contributed by atoms with Crippen molar-refractivity contribution in [1.82, 2.24) is 0 Å². The van der Waals surface area contributed by atoms with Gasteiger partial charge in [-0.05, 0) is 44.2 Å². The fraction of sp³-hybridized carbons (Fsp3) is 0.273. The molecular weight excluding hydrogens is 228 g/mol. The number of benzene rings is 1. The predicted octanol–water partition coefficient (Wildman–Crippen LogP) is 3.79. The van der Waals surface area contributed by atoms with Crippen LogP contribution in [0.25, 0.3) is 0 Å². The monoisotopic (exact) mass is 240 g/mol. The lowest BCUT2D eigenvalue weighted by atomic mass is 10.3. The number of halogens is 1. The van der Waals surface area contributed by atoms with Crippen molar-refractivity contribution < 1.29 is 4.74 Å². The van der Waals surface area contributed by atoms with Crippen molar-refractivity contribution in [2.75, 3.05) is 6.61 Å². The molecule has 1 aromatic carbocycles. The lowest BCUT2D eigenvalue weighted by Crippen LogP contribution is -1.93. The first-order valence-corrected chi connectivity index (χ1v) is 4.99. The lowest BCUT2D eigenvalue weighted by molar-refractivity contribution is 0.362. The molecule has 0 bridgehead atoms. The first-order valence-electron chi connectivity index (χ1n) is 4.20. The van der Waals surface area contributed by atoms with E-state index in [2.05, 4.69) is 35.9 Å². The highest BCUT2D eigenvalue weighted by molar-refractivity contribution is 9.10. The molecule has 0 saturated heterocycles. The highest BCUT2D eigenvalue weighted by Crippen LogP contribution is 2.15. The zero-order valence-electron chi connectivity index (χ0n) is 7.88. The molecule has 1 rings (SSSR count). The maximum Gasteiger partial charge on any atom is 0.119 e. The summed E-state index contributed by atoms with van der Waals surface area (Å²) in [5.74, 6) is 0.903. The van der Waals surface area contributed by atoms with Gasteiger partial charge in [0.1, 0.15) is 12.4 Å². The van der Waals surface area contributed by atoms with Gasteiger partial charge >= 0.3 is 0 Å². The van der Waals surface area contributed by atoms with Gasteiger partial charge in [0.15, 0.2) is 0 Å². The molecule has 0 aromatic heterocycles. The lowest BCUT2D eigenvalue weighted by Gasteiger charge is -2.02. The third-order valence-electron chi connectivity index (χ3n) is 1.56. The Bertz CT molecular complexity index is 283. The second kappa shape index (κ2) is 5.07. The Morgan fingerprint density at radius 1 is 1.31 bits per heavy atom. The zero-order chi connectivity index (χ0) is 9.68. The van der Waals surface area contributed by atoms with E-state index in [1.54, 1.807) is 0 Å². The Morgan fingerprint density at radius 3 is 2.46 bits per heavy atom. The molecule has 0 spiro atoms. The van der Waals surface area contributed by atoms with Crippen molar-refractivity contribution in [2.24, 2.45) is 0 Å². The van der Waals surface area contributed by atoms with E-state index < -0.39 is 0 Å². The second-order valence-electron chi connectivity index (χ2n) is 3.05. The summed E-state index contributed by atoms with van der Waals surface area (Å²) < 4.78 is 6.55. The van der Waals surface area contributed by atoms with Crippen LogP contribution in [0.15, 0.2) is 40.4 Å². The van der Waals surface area contributed by atoms with Crippen molar-refractivity contribution >= 4 is 15.9 Å². The molecule has 0 aliphatic rings. The Labute approximate surface area is 87.5 Å². The fourth-order valence-electron chi connectivity index (χ4n) is 0.835. The largest absolute Gasteiger partial charge is 0.490 e. The molecule has 2 heteroatoms. The predicted molar refractivity (Wildman–Crippen MR) is 59.1 cm³/mol. The van der Waals surface area contributed by atoms with E-state index in [0.717, 1.165) is 10.2 Å². The first-order chi connectivity index (χ1) is 6.18. The van der Waals surface area contributed by atoms with Crippen LogP contribution in [0.4, 0.5) is 0 Å². The standard InChI is InChI=1S/C11H13BrO/c1-9(2)7-8-13-11-5-3-10(12)4-6-11/h3-7H,8H2,1-2H3. The van der Waals surface area contributed by atoms with E-state index in [4.69, 9.17) is 4.74 Å². The third-order valence-corrected chi connectivity index (χ3v) is 2.08. The van der Waals surface area contributed by atoms with E-state index in [0.29, 0.717) is 6.61 Å². The highest BCUT2D eigenvalue weighted by Gasteiger charge is 1.90. The molecule has 0 N–H and O–H groups in total. The molecule has 1 aromatic rings. The molecule has 0 fully saturated rings. The molecule has 13 heavy (non-hydrogen) atoms. The Hall–Kier alpha value is -0.760. The number of hydrogen-bond donors (Lipinski definition) is 0. The number of rotatable bonds is 3. The first kappa shape index (κ1) is 10.3. The highest BCUT2D eigenvalue weighted by atomic mass is 79.9. The van der Waals surface area contributed by atoms with Crippen LogP contribution in [0.5, 0.6) is 5.75 Å². The van der Waals surface area contributed by atoms with E-state index in [9.17, 15) is 0 Å². The molecular formula is C11H13BrO. The van der Waals surface area contributed by atoms with Crippen LogP contribution in [-0.2, 0) is 0 Å². The summed E-state index contributed by atoms with van der Waals surface area (Å²) in [4.78, 5) is 0. The average Bonchev–Trinajstić information content (AvgIpc) is 2.08. The van der Waals surface area contributed by atoms with Crippen LogP contribution in [0.1, 0.15) is 13.8 Å². The SMILES string of the molecule is CC(C)=CCOc1ccc(Br)cc1. The average molecular weight is 241 g/mol. The van der Waals surface area contributed by atoms with Gasteiger partial charge in [0, 0.05) is 4.47 Å². The fourth-order valence-corrected chi connectivity index (χ4v) is 1.10. The molecule has 0 heterocycles. The van der Waals surface area contributed by atoms with Crippen molar-refractivity contribution in [1.29, 1.82) is 0 Å². The molecule has 0 amide bonds. The Kier molecular flexibility index (Phi) is 4.03. The van der Waals surface area contributed by atoms with Crippen molar-refractivity contribution in [3.8, 4) is 5.75 Å². The van der Waals surface area contributed by atoms with Gasteiger partial charge in [-0.2, -0.15) is 0 Å². The van der Waals surface area contributed by atoms with Crippen molar-refractivity contribution in [3.05, 3.63) is 40.4 Å². The third kappa shape index (κ3) is 4.13. The summed E-state index contributed by atoms with van der Waals surface area (Å²) in [5.41, 5.74) is 1.28. The minimum absolute atomic E-state index is 0.643. The van der Waals surface area contributed by atoms with Crippen LogP contribution in [0, 0.1) is 0 Å². The summed E-state index contributed by atoms with van der Waals surface area (Å²) in [7, 11) is 0. The summed E-state index contributed by atoms with van der Waals surface area (Å²) >= 11 is 3.37. The number of allylic oxidation sites excluding steroid dienone is 1. The van der Waals surface area contributed by atoms with Crippen LogP contribution in [-0.4, -0.2) is 6.61 Å². The van der Waals surface area contributed by atoms with Gasteiger partial charge in [0.2, 0.25) is 0 Å². The number of hydrogen-bond acceptors (Lipinski definition) is 1. The Balaban J connectivity index is 2.46. The second-order valence-corrected chi connectivity index (χ2v) is 3.96. The molecule has 0 saturated carbocycles. The van der Waals surface area contributed by atoms with Gasteiger partial charge in [-0.15, -0.1) is 0 Å². The maximum absolute atomic E-state index is 5.47. The normalized spacial score (nSPS) is 9.46. The van der Waals surface area contributed by atoms with E-state index >= 15 is 0 Å². The van der Waals surface area contributed by atoms with Gasteiger partial charge in [0.25, 0.3) is 0 Å². The Morgan fingerprint density at radius 2 is 1.92 bits per heavy atom. The maximum atomic E-state index is 5.47. The van der Waals surface area contributed by atoms with Crippen LogP contribution >= 0.6 is 15.9 Å². The summed E-state index contributed by atoms with van der Waals surface area (Å²) in [5, 5.41) is 0. The zero-order valence-corrected chi connectivity index (χ0v) is 9.47. The van der Waals surface area contributed by atoms with E-state index in [-0.39, 0.29) is 0 Å².